The Kier molecular flexibility index (Phi) is 4.97. The average molecular weight is 268 g/mol. The Labute approximate surface area is 115 Å². The van der Waals surface area contributed by atoms with Crippen LogP contribution in [0, 0.1) is 5.92 Å². The molecule has 0 spiro atoms. The molecule has 0 aliphatic carbocycles. The maximum Gasteiger partial charge on any atom is 0.410 e. The number of ether oxygens (including phenoxy) is 1. The molecular formula is C14H24N2O3. The second kappa shape index (κ2) is 6.08. The number of ketones is 1. The topological polar surface area (TPSA) is 49.9 Å². The van der Waals surface area contributed by atoms with Crippen molar-refractivity contribution in [1.29, 1.82) is 0 Å². The van der Waals surface area contributed by atoms with Crippen LogP contribution in [0.5, 0.6) is 0 Å². The van der Waals surface area contributed by atoms with E-state index < -0.39 is 5.60 Å². The van der Waals surface area contributed by atoms with Gasteiger partial charge in [0.1, 0.15) is 5.60 Å². The first-order valence-electron chi connectivity index (χ1n) is 6.55. The highest BCUT2D eigenvalue weighted by molar-refractivity contribution is 5.92. The van der Waals surface area contributed by atoms with Crippen molar-refractivity contribution in [3.8, 4) is 0 Å². The van der Waals surface area contributed by atoms with E-state index in [1.165, 1.54) is 0 Å². The van der Waals surface area contributed by atoms with Gasteiger partial charge >= 0.3 is 6.09 Å². The Morgan fingerprint density at radius 3 is 2.47 bits per heavy atom. The molecule has 5 heteroatoms. The molecule has 0 radical (unpaired) electrons. The highest BCUT2D eigenvalue weighted by Gasteiger charge is 2.32. The molecule has 0 aromatic heterocycles. The SMILES string of the molecule is CN(C)/C=C/C(=O)C1CCN(C(=O)OC(C)(C)C)C1. The van der Waals surface area contributed by atoms with Crippen molar-refractivity contribution in [1.82, 2.24) is 9.80 Å². The van der Waals surface area contributed by atoms with Gasteiger partial charge in [0, 0.05) is 39.3 Å². The molecule has 0 aromatic rings. The van der Waals surface area contributed by atoms with Gasteiger partial charge in [0.15, 0.2) is 5.78 Å². The van der Waals surface area contributed by atoms with E-state index in [2.05, 4.69) is 0 Å². The van der Waals surface area contributed by atoms with Gasteiger partial charge in [0.05, 0.1) is 0 Å². The third-order valence-corrected chi connectivity index (χ3v) is 2.78. The van der Waals surface area contributed by atoms with Crippen LogP contribution in [0.1, 0.15) is 27.2 Å². The Morgan fingerprint density at radius 2 is 1.95 bits per heavy atom. The maximum absolute atomic E-state index is 11.9. The van der Waals surface area contributed by atoms with Crippen LogP contribution in [0.15, 0.2) is 12.3 Å². The van der Waals surface area contributed by atoms with Crippen LogP contribution >= 0.6 is 0 Å². The Morgan fingerprint density at radius 1 is 1.32 bits per heavy atom. The summed E-state index contributed by atoms with van der Waals surface area (Å²) in [5.41, 5.74) is -0.496. The minimum absolute atomic E-state index is 0.0692. The van der Waals surface area contributed by atoms with Gasteiger partial charge in [-0.3, -0.25) is 4.79 Å². The molecule has 19 heavy (non-hydrogen) atoms. The van der Waals surface area contributed by atoms with Gasteiger partial charge in [0.2, 0.25) is 0 Å². The molecule has 1 atom stereocenters. The van der Waals surface area contributed by atoms with Crippen molar-refractivity contribution >= 4 is 11.9 Å². The maximum atomic E-state index is 11.9. The molecule has 1 saturated heterocycles. The van der Waals surface area contributed by atoms with Crippen LogP contribution in [0.3, 0.4) is 0 Å². The van der Waals surface area contributed by atoms with E-state index in [-0.39, 0.29) is 17.8 Å². The van der Waals surface area contributed by atoms with Crippen molar-refractivity contribution < 1.29 is 14.3 Å². The summed E-state index contributed by atoms with van der Waals surface area (Å²) in [4.78, 5) is 27.2. The van der Waals surface area contributed by atoms with Crippen LogP contribution in [-0.2, 0) is 9.53 Å². The van der Waals surface area contributed by atoms with Crippen LogP contribution < -0.4 is 0 Å². The molecule has 0 N–H and O–H groups in total. The zero-order chi connectivity index (χ0) is 14.6. The third-order valence-electron chi connectivity index (χ3n) is 2.78. The van der Waals surface area contributed by atoms with Crippen molar-refractivity contribution in [3.63, 3.8) is 0 Å². The lowest BCUT2D eigenvalue weighted by molar-refractivity contribution is -0.117. The van der Waals surface area contributed by atoms with Crippen LogP contribution in [0.2, 0.25) is 0 Å². The van der Waals surface area contributed by atoms with Crippen LogP contribution in [-0.4, -0.2) is 54.5 Å². The number of carbonyl (C=O) groups is 2. The molecule has 1 fully saturated rings. The van der Waals surface area contributed by atoms with Gasteiger partial charge in [-0.05, 0) is 33.3 Å². The summed E-state index contributed by atoms with van der Waals surface area (Å²) in [5, 5.41) is 0. The number of amides is 1. The van der Waals surface area contributed by atoms with Gasteiger partial charge in [0.25, 0.3) is 0 Å². The summed E-state index contributed by atoms with van der Waals surface area (Å²) in [6.45, 7) is 6.54. The smallest absolute Gasteiger partial charge is 0.410 e. The van der Waals surface area contributed by atoms with Crippen LogP contribution in [0.4, 0.5) is 4.79 Å². The number of hydrogen-bond acceptors (Lipinski definition) is 4. The summed E-state index contributed by atoms with van der Waals surface area (Å²) in [6.07, 6.45) is 3.68. The van der Waals surface area contributed by atoms with E-state index in [4.69, 9.17) is 4.74 Å². The predicted octanol–water partition coefficient (Wildman–Crippen LogP) is 1.89. The highest BCUT2D eigenvalue weighted by atomic mass is 16.6. The number of hydrogen-bond donors (Lipinski definition) is 0. The van der Waals surface area contributed by atoms with E-state index in [0.717, 1.165) is 0 Å². The fourth-order valence-corrected chi connectivity index (χ4v) is 1.84. The molecule has 5 nitrogen and oxygen atoms in total. The van der Waals surface area contributed by atoms with Crippen molar-refractivity contribution in [2.75, 3.05) is 27.2 Å². The predicted molar refractivity (Wildman–Crippen MR) is 73.7 cm³/mol. The van der Waals surface area contributed by atoms with E-state index in [1.54, 1.807) is 17.2 Å². The third kappa shape index (κ3) is 5.32. The standard InChI is InChI=1S/C14H24N2O3/c1-14(2,3)19-13(18)16-9-6-11(10-16)12(17)7-8-15(4)5/h7-8,11H,6,9-10H2,1-5H3/b8-7+. The zero-order valence-electron chi connectivity index (χ0n) is 12.5. The molecule has 1 unspecified atom stereocenters. The molecule has 0 saturated carbocycles. The molecule has 0 aromatic carbocycles. The summed E-state index contributed by atoms with van der Waals surface area (Å²) >= 11 is 0. The second-order valence-corrected chi connectivity index (χ2v) is 6.09. The summed E-state index contributed by atoms with van der Waals surface area (Å²) in [6, 6.07) is 0. The molecular weight excluding hydrogens is 244 g/mol. The van der Waals surface area contributed by atoms with E-state index in [9.17, 15) is 9.59 Å². The van der Waals surface area contributed by atoms with E-state index >= 15 is 0 Å². The lowest BCUT2D eigenvalue weighted by Gasteiger charge is -2.24. The number of rotatable bonds is 3. The largest absolute Gasteiger partial charge is 0.444 e. The van der Waals surface area contributed by atoms with Gasteiger partial charge in [-0.2, -0.15) is 0 Å². The van der Waals surface area contributed by atoms with Gasteiger partial charge < -0.3 is 14.5 Å². The Balaban J connectivity index is 2.50. The first-order valence-corrected chi connectivity index (χ1v) is 6.55. The molecule has 1 aliphatic heterocycles. The number of nitrogens with zero attached hydrogens (tertiary/aromatic N) is 2. The molecule has 0 bridgehead atoms. The number of carbonyl (C=O) groups excluding carboxylic acids is 2. The first-order chi connectivity index (χ1) is 8.69. The normalized spacial score (nSPS) is 19.8. The molecule has 108 valence electrons. The minimum Gasteiger partial charge on any atom is -0.444 e. The quantitative estimate of drug-likeness (QED) is 0.733. The zero-order valence-corrected chi connectivity index (χ0v) is 12.5. The van der Waals surface area contributed by atoms with E-state index in [1.807, 2.05) is 39.8 Å². The minimum atomic E-state index is -0.496. The van der Waals surface area contributed by atoms with Gasteiger partial charge in [-0.15, -0.1) is 0 Å². The summed E-state index contributed by atoms with van der Waals surface area (Å²) in [5.74, 6) is -0.0384. The Hall–Kier alpha value is -1.52. The fraction of sp³-hybridized carbons (Fsp3) is 0.714. The number of allylic oxidation sites excluding steroid dienone is 1. The van der Waals surface area contributed by atoms with E-state index in [0.29, 0.717) is 19.5 Å². The van der Waals surface area contributed by atoms with Crippen molar-refractivity contribution in [3.05, 3.63) is 12.3 Å². The Bertz CT molecular complexity index is 369. The average Bonchev–Trinajstić information content (AvgIpc) is 2.72. The lowest BCUT2D eigenvalue weighted by Crippen LogP contribution is -2.35. The van der Waals surface area contributed by atoms with Crippen molar-refractivity contribution in [2.45, 2.75) is 32.8 Å². The monoisotopic (exact) mass is 268 g/mol. The highest BCUT2D eigenvalue weighted by Crippen LogP contribution is 2.20. The molecule has 1 amide bonds. The molecule has 1 rings (SSSR count). The fourth-order valence-electron chi connectivity index (χ4n) is 1.84. The van der Waals surface area contributed by atoms with Gasteiger partial charge in [-0.1, -0.05) is 0 Å². The first kappa shape index (κ1) is 15.5. The number of likely N-dealkylation sites (tertiary alicyclic amines) is 1. The summed E-state index contributed by atoms with van der Waals surface area (Å²) in [7, 11) is 3.73. The lowest BCUT2D eigenvalue weighted by atomic mass is 10.0. The molecule has 1 heterocycles. The second-order valence-electron chi connectivity index (χ2n) is 6.09. The van der Waals surface area contributed by atoms with Crippen molar-refractivity contribution in [2.24, 2.45) is 5.92 Å². The van der Waals surface area contributed by atoms with Gasteiger partial charge in [-0.25, -0.2) is 4.79 Å². The summed E-state index contributed by atoms with van der Waals surface area (Å²) < 4.78 is 5.30. The van der Waals surface area contributed by atoms with Crippen LogP contribution in [0.25, 0.3) is 0 Å². The molecule has 1 aliphatic rings.